The van der Waals surface area contributed by atoms with E-state index in [1.807, 2.05) is 0 Å². The number of hydrogen-bond donors (Lipinski definition) is 14. The molecule has 0 aromatic rings. The van der Waals surface area contributed by atoms with Crippen molar-refractivity contribution in [2.24, 2.45) is 0 Å². The van der Waals surface area contributed by atoms with Crippen molar-refractivity contribution in [3.05, 3.63) is 0 Å². The molecule has 1 unspecified atom stereocenters. The lowest BCUT2D eigenvalue weighted by Gasteiger charge is -2.49. The Balaban J connectivity index is 1.43. The molecule has 4 fully saturated rings. The summed E-state index contributed by atoms with van der Waals surface area (Å²) in [5.74, 6) is 0. The van der Waals surface area contributed by atoms with Gasteiger partial charge < -0.3 is 105 Å². The van der Waals surface area contributed by atoms with E-state index in [0.717, 1.165) is 0 Å². The molecule has 0 radical (unpaired) electrons. The lowest BCUT2D eigenvalue weighted by Crippen LogP contribution is -2.67. The van der Waals surface area contributed by atoms with Crippen LogP contribution in [0.5, 0.6) is 0 Å². The smallest absolute Gasteiger partial charge is 0.187 e. The van der Waals surface area contributed by atoms with Gasteiger partial charge in [0.05, 0.1) is 26.4 Å². The van der Waals surface area contributed by atoms with Gasteiger partial charge in [-0.25, -0.2) is 0 Å². The molecule has 21 nitrogen and oxygen atoms in total. The molecule has 0 aliphatic carbocycles. The number of aliphatic hydroxyl groups excluding tert-OH is 14. The van der Waals surface area contributed by atoms with Crippen LogP contribution in [0, 0.1) is 0 Å². The number of ether oxygens (including phenoxy) is 7. The van der Waals surface area contributed by atoms with Gasteiger partial charge in [0.25, 0.3) is 0 Å². The van der Waals surface area contributed by atoms with Crippen LogP contribution in [0.2, 0.25) is 0 Å². The number of hydrogen-bond acceptors (Lipinski definition) is 21. The topological polar surface area (TPSA) is 348 Å². The van der Waals surface area contributed by atoms with Crippen molar-refractivity contribution in [1.29, 1.82) is 0 Å². The maximum atomic E-state index is 10.9. The summed E-state index contributed by atoms with van der Waals surface area (Å²) in [5.41, 5.74) is 0. The van der Waals surface area contributed by atoms with Crippen LogP contribution in [-0.2, 0) is 33.2 Å². The zero-order valence-electron chi connectivity index (χ0n) is 23.5. The Kier molecular flexibility index (Phi) is 12.8. The summed E-state index contributed by atoms with van der Waals surface area (Å²) in [4.78, 5) is 0. The maximum absolute atomic E-state index is 10.9. The molecule has 0 aromatic heterocycles. The molecular weight excluding hydrogens is 624 g/mol. The monoisotopic (exact) mass is 666 g/mol. The molecule has 0 aromatic carbocycles. The van der Waals surface area contributed by atoms with E-state index in [2.05, 4.69) is 0 Å². The molecule has 21 heteroatoms. The van der Waals surface area contributed by atoms with E-state index >= 15 is 0 Å². The van der Waals surface area contributed by atoms with Crippen LogP contribution < -0.4 is 0 Å². The minimum Gasteiger partial charge on any atom is -0.394 e. The SMILES string of the molecule is OC[C@H]1O[C@H](O[C@H]2[C@@H](O)[C@H](O)[C@@H](O[C@H]3[C@H](O)[C@@H](O)[C@@H](O[C@H]4[C@H](O)[C@@H](O)C(O)O[C@@H]4CO)O[C@@H]3CO)O[C@@H]2CO)[C@H](O)[C@@H](O)[C@@H]1O. The van der Waals surface area contributed by atoms with E-state index in [0.29, 0.717) is 0 Å². The summed E-state index contributed by atoms with van der Waals surface area (Å²) in [6, 6.07) is 0. The Hall–Kier alpha value is -0.840. The van der Waals surface area contributed by atoms with Crippen LogP contribution in [0.4, 0.5) is 0 Å². The van der Waals surface area contributed by atoms with E-state index in [1.54, 1.807) is 0 Å². The molecule has 264 valence electrons. The predicted octanol–water partition coefficient (Wildman–Crippen LogP) is -9.75. The normalized spacial score (nSPS) is 52.9. The Morgan fingerprint density at radius 2 is 0.644 bits per heavy atom. The van der Waals surface area contributed by atoms with Gasteiger partial charge in [0, 0.05) is 0 Å². The summed E-state index contributed by atoms with van der Waals surface area (Å²) >= 11 is 0. The van der Waals surface area contributed by atoms with Crippen LogP contribution >= 0.6 is 0 Å². The lowest BCUT2D eigenvalue weighted by atomic mass is 9.95. The fraction of sp³-hybridized carbons (Fsp3) is 1.00. The van der Waals surface area contributed by atoms with Crippen molar-refractivity contribution in [2.75, 3.05) is 26.4 Å². The largest absolute Gasteiger partial charge is 0.394 e. The van der Waals surface area contributed by atoms with Crippen LogP contribution in [0.15, 0.2) is 0 Å². The van der Waals surface area contributed by atoms with E-state index in [4.69, 9.17) is 33.2 Å². The van der Waals surface area contributed by atoms with Crippen molar-refractivity contribution in [3.8, 4) is 0 Å². The molecular formula is C24H42O21. The van der Waals surface area contributed by atoms with E-state index in [1.165, 1.54) is 0 Å². The third-order valence-corrected chi connectivity index (χ3v) is 8.20. The molecule has 4 saturated heterocycles. The minimum atomic E-state index is -2.02. The predicted molar refractivity (Wildman–Crippen MR) is 134 cm³/mol. The third-order valence-electron chi connectivity index (χ3n) is 8.20. The summed E-state index contributed by atoms with van der Waals surface area (Å²) < 4.78 is 37.7. The van der Waals surface area contributed by atoms with Crippen molar-refractivity contribution < 1.29 is 105 Å². The summed E-state index contributed by atoms with van der Waals surface area (Å²) in [6.07, 6.45) is -35.3. The van der Waals surface area contributed by atoms with Crippen LogP contribution in [-0.4, -0.2) is 221 Å². The highest BCUT2D eigenvalue weighted by Crippen LogP contribution is 2.34. The van der Waals surface area contributed by atoms with Crippen LogP contribution in [0.1, 0.15) is 0 Å². The quantitative estimate of drug-likeness (QED) is 0.103. The van der Waals surface area contributed by atoms with Gasteiger partial charge in [-0.15, -0.1) is 0 Å². The second-order valence-electron chi connectivity index (χ2n) is 11.1. The molecule has 4 aliphatic rings. The van der Waals surface area contributed by atoms with Crippen molar-refractivity contribution in [2.45, 2.75) is 123 Å². The molecule has 4 heterocycles. The standard InChI is InChI=1S/C24H42O21/c25-1-5-9(29)10(30)15(35)22(40-5)44-19-7(3-27)42-24(17(37)12(19)32)45-20-8(4-28)41-23(16(36)13(20)33)43-18-6(2-26)39-21(38)14(34)11(18)31/h5-38H,1-4H2/t5-,6-,7-,8-,9-,10+,11-,12+,13-,14-,15-,16-,17+,18-,19-,20-,21?,22-,23-,24-/m1/s1. The summed E-state index contributed by atoms with van der Waals surface area (Å²) in [7, 11) is 0. The fourth-order valence-electron chi connectivity index (χ4n) is 5.55. The molecule has 0 spiro atoms. The summed E-state index contributed by atoms with van der Waals surface area (Å²) in [6.45, 7) is -3.39. The lowest BCUT2D eigenvalue weighted by molar-refractivity contribution is -0.387. The van der Waals surface area contributed by atoms with Gasteiger partial charge in [0.15, 0.2) is 25.2 Å². The van der Waals surface area contributed by atoms with E-state index in [9.17, 15) is 71.5 Å². The first kappa shape index (κ1) is 37.0. The van der Waals surface area contributed by atoms with Gasteiger partial charge in [-0.1, -0.05) is 0 Å². The molecule has 4 rings (SSSR count). The third kappa shape index (κ3) is 7.44. The van der Waals surface area contributed by atoms with Crippen LogP contribution in [0.25, 0.3) is 0 Å². The Bertz CT molecular complexity index is 910. The molecule has 0 amide bonds. The average Bonchev–Trinajstić information content (AvgIpc) is 3.03. The Morgan fingerprint density at radius 1 is 0.333 bits per heavy atom. The van der Waals surface area contributed by atoms with E-state index < -0.39 is 149 Å². The van der Waals surface area contributed by atoms with Gasteiger partial charge in [-0.3, -0.25) is 0 Å². The number of rotatable bonds is 10. The molecule has 0 bridgehead atoms. The molecule has 45 heavy (non-hydrogen) atoms. The molecule has 4 aliphatic heterocycles. The first-order valence-corrected chi connectivity index (χ1v) is 14.1. The zero-order chi connectivity index (χ0) is 33.3. The van der Waals surface area contributed by atoms with Crippen molar-refractivity contribution >= 4 is 0 Å². The second-order valence-corrected chi connectivity index (χ2v) is 11.1. The summed E-state index contributed by atoms with van der Waals surface area (Å²) in [5, 5.41) is 142. The highest BCUT2D eigenvalue weighted by atomic mass is 16.8. The minimum absolute atomic E-state index is 0.784. The number of aliphatic hydroxyl groups is 14. The van der Waals surface area contributed by atoms with Crippen molar-refractivity contribution in [3.63, 3.8) is 0 Å². The van der Waals surface area contributed by atoms with Gasteiger partial charge in [0.1, 0.15) is 97.7 Å². The zero-order valence-corrected chi connectivity index (χ0v) is 23.5. The van der Waals surface area contributed by atoms with Crippen molar-refractivity contribution in [1.82, 2.24) is 0 Å². The fourth-order valence-corrected chi connectivity index (χ4v) is 5.55. The Labute approximate surface area is 254 Å². The first-order valence-electron chi connectivity index (χ1n) is 14.1. The average molecular weight is 667 g/mol. The molecule has 0 saturated carbocycles. The van der Waals surface area contributed by atoms with Gasteiger partial charge in [-0.2, -0.15) is 0 Å². The molecule has 20 atom stereocenters. The van der Waals surface area contributed by atoms with E-state index in [-0.39, 0.29) is 0 Å². The Morgan fingerprint density at radius 3 is 1.02 bits per heavy atom. The highest BCUT2D eigenvalue weighted by molar-refractivity contribution is 4.97. The highest BCUT2D eigenvalue weighted by Gasteiger charge is 2.55. The van der Waals surface area contributed by atoms with Crippen LogP contribution in [0.3, 0.4) is 0 Å². The first-order chi connectivity index (χ1) is 21.3. The van der Waals surface area contributed by atoms with Gasteiger partial charge >= 0.3 is 0 Å². The maximum Gasteiger partial charge on any atom is 0.187 e. The molecule has 14 N–H and O–H groups in total. The second kappa shape index (κ2) is 15.6. The van der Waals surface area contributed by atoms with Gasteiger partial charge in [-0.05, 0) is 0 Å². The van der Waals surface area contributed by atoms with Gasteiger partial charge in [0.2, 0.25) is 0 Å².